The van der Waals surface area contributed by atoms with E-state index in [4.69, 9.17) is 4.74 Å². The van der Waals surface area contributed by atoms with E-state index in [1.807, 2.05) is 25.9 Å². The standard InChI is InChI=1S/C30H32F5N7O3S2/c1-15-11-22(40-39-15)36-27-26(45-6)28(42-10-9-16(14-42)41(4)5)38-29(37-27)46-21-8-7-17(12-18(21)31)47(43,44)30(2,3)23-24(34)19(32)13-20(33)25(23)35/h7-8,11-13,16H,9-10,14H2,1-6H3,(H2,36,37,38,39,40). The first-order valence-electron chi connectivity index (χ1n) is 14.3. The van der Waals surface area contributed by atoms with Crippen molar-refractivity contribution in [3.8, 4) is 5.75 Å². The Balaban J connectivity index is 1.52. The summed E-state index contributed by atoms with van der Waals surface area (Å²) in [6.07, 6.45) is 0.862. The number of aromatic amines is 1. The summed E-state index contributed by atoms with van der Waals surface area (Å²) in [4.78, 5) is 12.6. The van der Waals surface area contributed by atoms with Crippen molar-refractivity contribution in [1.29, 1.82) is 0 Å². The Morgan fingerprint density at radius 2 is 1.72 bits per heavy atom. The van der Waals surface area contributed by atoms with Crippen LogP contribution in [0.3, 0.4) is 0 Å². The molecule has 1 aliphatic rings. The number of anilines is 3. The predicted octanol–water partition coefficient (Wildman–Crippen LogP) is 5.96. The van der Waals surface area contributed by atoms with Gasteiger partial charge < -0.3 is 19.9 Å². The molecule has 1 fully saturated rings. The lowest BCUT2D eigenvalue weighted by Crippen LogP contribution is -2.32. The quantitative estimate of drug-likeness (QED) is 0.117. The van der Waals surface area contributed by atoms with Gasteiger partial charge in [0.2, 0.25) is 5.75 Å². The van der Waals surface area contributed by atoms with Crippen LogP contribution in [-0.4, -0.2) is 73.8 Å². The Morgan fingerprint density at radius 1 is 1.04 bits per heavy atom. The summed E-state index contributed by atoms with van der Waals surface area (Å²) in [5.41, 5.74) is -0.546. The van der Waals surface area contributed by atoms with E-state index in [-0.39, 0.29) is 28.0 Å². The molecule has 17 heteroatoms. The van der Waals surface area contributed by atoms with Crippen LogP contribution in [0.2, 0.25) is 0 Å². The minimum atomic E-state index is -4.80. The molecule has 1 aliphatic heterocycles. The molecule has 0 saturated carbocycles. The molecule has 2 N–H and O–H groups in total. The molecule has 0 radical (unpaired) electrons. The fourth-order valence-electron chi connectivity index (χ4n) is 5.27. The average Bonchev–Trinajstić information content (AvgIpc) is 3.66. The van der Waals surface area contributed by atoms with E-state index in [0.29, 0.717) is 36.5 Å². The first-order chi connectivity index (χ1) is 22.0. The molecule has 47 heavy (non-hydrogen) atoms. The van der Waals surface area contributed by atoms with Crippen molar-refractivity contribution in [2.24, 2.45) is 0 Å². The molecule has 0 bridgehead atoms. The second-order valence-corrected chi connectivity index (χ2v) is 15.2. The van der Waals surface area contributed by atoms with Crippen LogP contribution in [-0.2, 0) is 14.6 Å². The van der Waals surface area contributed by atoms with E-state index >= 15 is 4.39 Å². The number of hydrogen-bond donors (Lipinski definition) is 2. The number of methoxy groups -OCH3 is 1. The van der Waals surface area contributed by atoms with Crippen molar-refractivity contribution in [3.63, 3.8) is 0 Å². The van der Waals surface area contributed by atoms with Crippen molar-refractivity contribution in [1.82, 2.24) is 25.1 Å². The van der Waals surface area contributed by atoms with E-state index in [0.717, 1.165) is 49.9 Å². The fraction of sp³-hybridized carbons (Fsp3) is 0.367. The molecule has 0 aliphatic carbocycles. The molecule has 5 rings (SSSR count). The molecular weight excluding hydrogens is 665 g/mol. The molecule has 10 nitrogen and oxygen atoms in total. The SMILES string of the molecule is COc1c(Nc2cc(C)[nH]n2)nc(Sc2ccc(S(=O)(=O)C(C)(C)c3c(F)c(F)cc(F)c3F)cc2F)nc1N1CCC(N(C)C)C1. The summed E-state index contributed by atoms with van der Waals surface area (Å²) in [5, 5.41) is 10.2. The minimum absolute atomic E-state index is 0.0176. The molecule has 0 spiro atoms. The Kier molecular flexibility index (Phi) is 9.45. The maximum Gasteiger partial charge on any atom is 0.204 e. The van der Waals surface area contributed by atoms with Crippen LogP contribution in [0.15, 0.2) is 45.3 Å². The van der Waals surface area contributed by atoms with Crippen LogP contribution in [0, 0.1) is 36.0 Å². The number of ether oxygens (including phenoxy) is 1. The lowest BCUT2D eigenvalue weighted by Gasteiger charge is -2.27. The van der Waals surface area contributed by atoms with E-state index in [1.54, 1.807) is 6.07 Å². The van der Waals surface area contributed by atoms with Gasteiger partial charge in [0.05, 0.1) is 22.5 Å². The molecule has 2 aromatic carbocycles. The zero-order valence-electron chi connectivity index (χ0n) is 26.3. The molecule has 1 unspecified atom stereocenters. The van der Waals surface area contributed by atoms with Crippen LogP contribution >= 0.6 is 11.8 Å². The highest BCUT2D eigenvalue weighted by molar-refractivity contribution is 7.99. The number of sulfone groups is 1. The number of benzene rings is 2. The molecular formula is C30H32F5N7O3S2. The van der Waals surface area contributed by atoms with Gasteiger partial charge in [0, 0.05) is 37.0 Å². The summed E-state index contributed by atoms with van der Waals surface area (Å²) in [6, 6.07) is 4.84. The largest absolute Gasteiger partial charge is 0.490 e. The summed E-state index contributed by atoms with van der Waals surface area (Å²) in [7, 11) is 0.642. The lowest BCUT2D eigenvalue weighted by atomic mass is 10.0. The third-order valence-corrected chi connectivity index (χ3v) is 11.3. The van der Waals surface area contributed by atoms with Crippen molar-refractivity contribution in [2.75, 3.05) is 44.5 Å². The predicted molar refractivity (Wildman–Crippen MR) is 167 cm³/mol. The Morgan fingerprint density at radius 3 is 2.28 bits per heavy atom. The van der Waals surface area contributed by atoms with Crippen LogP contribution in [0.4, 0.5) is 39.4 Å². The Bertz CT molecular complexity index is 1910. The second kappa shape index (κ2) is 12.9. The van der Waals surface area contributed by atoms with Crippen molar-refractivity contribution < 1.29 is 35.1 Å². The van der Waals surface area contributed by atoms with Gasteiger partial charge in [-0.1, -0.05) is 0 Å². The summed E-state index contributed by atoms with van der Waals surface area (Å²) in [6.45, 7) is 4.88. The van der Waals surface area contributed by atoms with Gasteiger partial charge >= 0.3 is 0 Å². The van der Waals surface area contributed by atoms with Crippen LogP contribution in [0.25, 0.3) is 0 Å². The molecule has 4 aromatic rings. The Hall–Kier alpha value is -3.96. The monoisotopic (exact) mass is 697 g/mol. The van der Waals surface area contributed by atoms with Crippen molar-refractivity contribution >= 4 is 39.1 Å². The van der Waals surface area contributed by atoms with E-state index in [1.165, 1.54) is 7.11 Å². The van der Waals surface area contributed by atoms with Crippen LogP contribution in [0.5, 0.6) is 5.75 Å². The third kappa shape index (κ3) is 6.47. The third-order valence-electron chi connectivity index (χ3n) is 7.98. The van der Waals surface area contributed by atoms with Crippen LogP contribution in [0.1, 0.15) is 31.5 Å². The van der Waals surface area contributed by atoms with Gasteiger partial charge in [0.1, 0.15) is 10.6 Å². The zero-order chi connectivity index (χ0) is 34.4. The minimum Gasteiger partial charge on any atom is -0.490 e. The normalized spacial score (nSPS) is 15.5. The summed E-state index contributed by atoms with van der Waals surface area (Å²) in [5.74, 6) is -6.75. The topological polar surface area (TPSA) is 116 Å². The number of nitrogens with zero attached hydrogens (tertiary/aromatic N) is 5. The fourth-order valence-corrected chi connectivity index (χ4v) is 7.57. The van der Waals surface area contributed by atoms with Gasteiger partial charge in [-0.2, -0.15) is 5.10 Å². The first-order valence-corrected chi connectivity index (χ1v) is 16.6. The number of aryl methyl sites for hydroxylation is 1. The zero-order valence-corrected chi connectivity index (χ0v) is 27.9. The number of H-pyrrole nitrogens is 1. The number of hydrogen-bond acceptors (Lipinski definition) is 10. The summed E-state index contributed by atoms with van der Waals surface area (Å²) < 4.78 is 103. The maximum atomic E-state index is 15.6. The highest BCUT2D eigenvalue weighted by Gasteiger charge is 2.44. The van der Waals surface area contributed by atoms with Gasteiger partial charge in [-0.05, 0) is 71.2 Å². The van der Waals surface area contributed by atoms with Gasteiger partial charge in [-0.15, -0.1) is 0 Å². The van der Waals surface area contributed by atoms with Crippen molar-refractivity contribution in [3.05, 3.63) is 70.7 Å². The lowest BCUT2D eigenvalue weighted by molar-refractivity contribution is 0.315. The molecule has 3 heterocycles. The average molecular weight is 698 g/mol. The van der Waals surface area contributed by atoms with E-state index < -0.39 is 54.1 Å². The van der Waals surface area contributed by atoms with E-state index in [9.17, 15) is 26.0 Å². The number of halogens is 5. The Labute approximate surface area is 272 Å². The highest BCUT2D eigenvalue weighted by Crippen LogP contribution is 2.42. The van der Waals surface area contributed by atoms with Crippen LogP contribution < -0.4 is 15.0 Å². The number of likely N-dealkylation sites (N-methyl/N-ethyl adjacent to an activating group) is 1. The van der Waals surface area contributed by atoms with Crippen molar-refractivity contribution in [2.45, 2.75) is 52.9 Å². The molecule has 1 atom stereocenters. The second-order valence-electron chi connectivity index (χ2n) is 11.7. The van der Waals surface area contributed by atoms with Gasteiger partial charge in [-0.25, -0.2) is 40.3 Å². The highest BCUT2D eigenvalue weighted by atomic mass is 32.2. The molecule has 252 valence electrons. The maximum absolute atomic E-state index is 15.6. The first kappa shape index (κ1) is 34.4. The smallest absolute Gasteiger partial charge is 0.204 e. The summed E-state index contributed by atoms with van der Waals surface area (Å²) >= 11 is 0.803. The van der Waals surface area contributed by atoms with E-state index in [2.05, 4.69) is 30.4 Å². The number of nitrogens with one attached hydrogen (secondary N) is 2. The van der Waals surface area contributed by atoms with Gasteiger partial charge in [0.15, 0.2) is 55.7 Å². The molecule has 1 saturated heterocycles. The number of aromatic nitrogens is 4. The van der Waals surface area contributed by atoms with Gasteiger partial charge in [-0.3, -0.25) is 5.10 Å². The number of rotatable bonds is 10. The molecule has 2 aromatic heterocycles. The van der Waals surface area contributed by atoms with Gasteiger partial charge in [0.25, 0.3) is 0 Å². The molecule has 0 amide bonds.